The fourth-order valence-corrected chi connectivity index (χ4v) is 5.53. The van der Waals surface area contributed by atoms with E-state index >= 15 is 0 Å². The number of piperidine rings is 1. The summed E-state index contributed by atoms with van der Waals surface area (Å²) in [5.41, 5.74) is -0.121. The molecule has 2 fully saturated rings. The van der Waals surface area contributed by atoms with E-state index in [4.69, 9.17) is 0 Å². The predicted octanol–water partition coefficient (Wildman–Crippen LogP) is 4.68. The maximum atomic E-state index is 13.4. The van der Waals surface area contributed by atoms with E-state index in [0.29, 0.717) is 11.7 Å². The molecule has 2 heterocycles. The van der Waals surface area contributed by atoms with Crippen LogP contribution in [0.4, 0.5) is 0 Å². The zero-order valence-electron chi connectivity index (χ0n) is 21.8. The SMILES string of the molecule is CC[B]N1CCN(CC2CCN(C(=O)C(C)(C)CC(C)(C)C[B]C(C)CC)CC2)CC1. The van der Waals surface area contributed by atoms with Gasteiger partial charge in [-0.2, -0.15) is 0 Å². The van der Waals surface area contributed by atoms with E-state index in [0.717, 1.165) is 50.9 Å². The number of piperazine rings is 1. The van der Waals surface area contributed by atoms with Crippen LogP contribution in [-0.4, -0.2) is 81.0 Å². The van der Waals surface area contributed by atoms with Crippen LogP contribution in [0, 0.1) is 16.7 Å². The van der Waals surface area contributed by atoms with Gasteiger partial charge in [-0.25, -0.2) is 0 Å². The van der Waals surface area contributed by atoms with Crippen molar-refractivity contribution in [3.63, 3.8) is 0 Å². The Morgan fingerprint density at radius 3 is 2.16 bits per heavy atom. The summed E-state index contributed by atoms with van der Waals surface area (Å²) in [6.07, 6.45) is 6.69. The third-order valence-corrected chi connectivity index (χ3v) is 7.48. The van der Waals surface area contributed by atoms with E-state index < -0.39 is 0 Å². The molecule has 1 atom stereocenters. The van der Waals surface area contributed by atoms with Crippen LogP contribution in [0.15, 0.2) is 0 Å². The van der Waals surface area contributed by atoms with Crippen LogP contribution in [0.1, 0.15) is 74.1 Å². The van der Waals surface area contributed by atoms with Crippen LogP contribution in [0.25, 0.3) is 0 Å². The van der Waals surface area contributed by atoms with Gasteiger partial charge in [0.2, 0.25) is 13.3 Å². The average molecular weight is 429 g/mol. The largest absolute Gasteiger partial charge is 0.344 e. The Bertz CT molecular complexity index is 539. The van der Waals surface area contributed by atoms with E-state index in [-0.39, 0.29) is 10.8 Å². The molecule has 6 heteroatoms. The Morgan fingerprint density at radius 1 is 1.00 bits per heavy atom. The summed E-state index contributed by atoms with van der Waals surface area (Å²) in [4.78, 5) is 20.7. The second kappa shape index (κ2) is 12.1. The molecule has 2 saturated heterocycles. The Hall–Kier alpha value is -0.480. The maximum Gasteiger partial charge on any atom is 0.228 e. The summed E-state index contributed by atoms with van der Waals surface area (Å²) in [6, 6.07) is 0. The molecule has 4 nitrogen and oxygen atoms in total. The van der Waals surface area contributed by atoms with Crippen LogP contribution < -0.4 is 0 Å². The topological polar surface area (TPSA) is 26.8 Å². The van der Waals surface area contributed by atoms with Crippen molar-refractivity contribution in [1.29, 1.82) is 0 Å². The minimum atomic E-state index is -0.286. The molecule has 0 aromatic carbocycles. The Labute approximate surface area is 195 Å². The lowest BCUT2D eigenvalue weighted by Crippen LogP contribution is -2.51. The predicted molar refractivity (Wildman–Crippen MR) is 136 cm³/mol. The molecule has 2 aliphatic heterocycles. The van der Waals surface area contributed by atoms with E-state index in [1.165, 1.54) is 39.1 Å². The number of likely N-dealkylation sites (tertiary alicyclic amines) is 1. The van der Waals surface area contributed by atoms with Crippen LogP contribution >= 0.6 is 0 Å². The van der Waals surface area contributed by atoms with E-state index in [1.54, 1.807) is 0 Å². The van der Waals surface area contributed by atoms with Crippen molar-refractivity contribution < 1.29 is 4.79 Å². The van der Waals surface area contributed by atoms with Crippen molar-refractivity contribution in [2.24, 2.45) is 16.7 Å². The third kappa shape index (κ3) is 8.76. The van der Waals surface area contributed by atoms with Crippen molar-refractivity contribution in [1.82, 2.24) is 14.6 Å². The Morgan fingerprint density at radius 2 is 1.61 bits per heavy atom. The second-order valence-corrected chi connectivity index (χ2v) is 11.7. The Kier molecular flexibility index (Phi) is 10.5. The molecule has 0 spiro atoms. The molecular weight excluding hydrogens is 380 g/mol. The first-order chi connectivity index (χ1) is 14.6. The van der Waals surface area contributed by atoms with Gasteiger partial charge in [-0.1, -0.05) is 73.3 Å². The fraction of sp³-hybridized carbons (Fsp3) is 0.960. The number of nitrogens with zero attached hydrogens (tertiary/aromatic N) is 3. The van der Waals surface area contributed by atoms with Crippen LogP contribution in [0.3, 0.4) is 0 Å². The summed E-state index contributed by atoms with van der Waals surface area (Å²) < 4.78 is 0. The molecular formula is C25H49B2N3O. The monoisotopic (exact) mass is 429 g/mol. The molecule has 0 aliphatic carbocycles. The quantitative estimate of drug-likeness (QED) is 0.446. The Balaban J connectivity index is 1.76. The van der Waals surface area contributed by atoms with Crippen molar-refractivity contribution in [2.75, 3.05) is 45.8 Å². The molecule has 0 bridgehead atoms. The molecule has 2 rings (SSSR count). The smallest absolute Gasteiger partial charge is 0.228 e. The molecule has 176 valence electrons. The highest BCUT2D eigenvalue weighted by Crippen LogP contribution is 2.39. The lowest BCUT2D eigenvalue weighted by atomic mass is 9.53. The molecule has 31 heavy (non-hydrogen) atoms. The fourth-order valence-electron chi connectivity index (χ4n) is 5.53. The van der Waals surface area contributed by atoms with E-state index in [9.17, 15) is 4.79 Å². The van der Waals surface area contributed by atoms with Crippen LogP contribution in [0.5, 0.6) is 0 Å². The highest BCUT2D eigenvalue weighted by atomic mass is 16.2. The molecule has 1 amide bonds. The standard InChI is InChI=1S/C25H49B2N3O/c1-8-21(3)26-20-24(4,5)19-25(6,7)23(31)29-12-10-22(11-13-29)18-28-14-16-30(17-15-28)27-9-2/h21-22H,8-20H2,1-7H3. The van der Waals surface area contributed by atoms with Crippen LogP contribution in [-0.2, 0) is 4.79 Å². The summed E-state index contributed by atoms with van der Waals surface area (Å²) in [5, 5.41) is 0. The summed E-state index contributed by atoms with van der Waals surface area (Å²) >= 11 is 0. The number of hydrogen-bond acceptors (Lipinski definition) is 3. The van der Waals surface area contributed by atoms with Crippen molar-refractivity contribution in [3.05, 3.63) is 0 Å². The average Bonchev–Trinajstić information content (AvgIpc) is 2.73. The molecule has 0 aromatic rings. The first kappa shape index (κ1) is 26.8. The molecule has 0 N–H and O–H groups in total. The highest BCUT2D eigenvalue weighted by Gasteiger charge is 2.38. The number of carbonyl (C=O) groups is 1. The molecule has 1 unspecified atom stereocenters. The molecule has 0 aromatic heterocycles. The van der Waals surface area contributed by atoms with Crippen molar-refractivity contribution in [2.45, 2.75) is 92.6 Å². The van der Waals surface area contributed by atoms with Gasteiger partial charge < -0.3 is 14.6 Å². The lowest BCUT2D eigenvalue weighted by Gasteiger charge is -2.42. The lowest BCUT2D eigenvalue weighted by molar-refractivity contribution is -0.143. The normalized spacial score (nSPS) is 21.2. The maximum absolute atomic E-state index is 13.4. The number of amides is 1. The van der Waals surface area contributed by atoms with E-state index in [2.05, 4.69) is 77.8 Å². The first-order valence-electron chi connectivity index (χ1n) is 13.0. The third-order valence-electron chi connectivity index (χ3n) is 7.48. The van der Waals surface area contributed by atoms with Crippen molar-refractivity contribution >= 4 is 20.6 Å². The van der Waals surface area contributed by atoms with E-state index in [1.807, 2.05) is 0 Å². The van der Waals surface area contributed by atoms with Gasteiger partial charge in [0, 0.05) is 38.1 Å². The van der Waals surface area contributed by atoms with Crippen LogP contribution in [0.2, 0.25) is 18.5 Å². The van der Waals surface area contributed by atoms with Gasteiger partial charge in [0.05, 0.1) is 0 Å². The van der Waals surface area contributed by atoms with Gasteiger partial charge >= 0.3 is 0 Å². The minimum Gasteiger partial charge on any atom is -0.344 e. The van der Waals surface area contributed by atoms with Gasteiger partial charge in [-0.05, 0) is 43.7 Å². The first-order valence-corrected chi connectivity index (χ1v) is 13.0. The zero-order valence-corrected chi connectivity index (χ0v) is 21.8. The minimum absolute atomic E-state index is 0.165. The van der Waals surface area contributed by atoms with Gasteiger partial charge in [0.15, 0.2) is 0 Å². The highest BCUT2D eigenvalue weighted by molar-refractivity contribution is 6.37. The zero-order chi connectivity index (χ0) is 23.1. The van der Waals surface area contributed by atoms with Gasteiger partial charge in [0.1, 0.15) is 7.28 Å². The summed E-state index contributed by atoms with van der Waals surface area (Å²) in [5.74, 6) is 1.77. The number of carbonyl (C=O) groups excluding carboxylic acids is 1. The van der Waals surface area contributed by atoms with Gasteiger partial charge in [-0.15, -0.1) is 0 Å². The van der Waals surface area contributed by atoms with Crippen molar-refractivity contribution in [3.8, 4) is 0 Å². The number of rotatable bonds is 11. The van der Waals surface area contributed by atoms with Gasteiger partial charge in [0.25, 0.3) is 0 Å². The summed E-state index contributed by atoms with van der Waals surface area (Å²) in [7, 11) is 4.79. The molecule has 2 radical (unpaired) electrons. The van der Waals surface area contributed by atoms with Gasteiger partial charge in [-0.3, -0.25) is 4.79 Å². The second-order valence-electron chi connectivity index (χ2n) is 11.7. The molecule has 0 saturated carbocycles. The molecule has 2 aliphatic rings. The summed E-state index contributed by atoms with van der Waals surface area (Å²) in [6.45, 7) is 23.5. The number of hydrogen-bond donors (Lipinski definition) is 0.